The SMILES string of the molecule is c1ccc(-c2nc(-c3ccc(-c4ccc(-c5nc6cc(-c7cccc(-c8cc(-c9cccc(-c%10ccc%11c%12ccccc%12c%12ccccc%12c%11c%10)c9)nc(-c9ccc(-c%10ccc(-c%11nc%12ccccc%12c%12c%13ccccc%13n(-c%13ccccc%13)c%11%12)cc%10)cc9)n8)c7)ccc6c6c7ccccc7n(-c7ccccc7)c56)cc4)cc3)nc(-c3ccc(-c4ccc5c6ccccc6c6ccccc6c5c4)cc3)n2)cc1. The van der Waals surface area contributed by atoms with Crippen LogP contribution in [0.15, 0.2) is 491 Å². The molecule has 142 heavy (non-hydrogen) atoms. The van der Waals surface area contributed by atoms with Gasteiger partial charge in [-0.05, 0) is 199 Å². The number of hydrogen-bond acceptors (Lipinski definition) is 7. The van der Waals surface area contributed by atoms with Gasteiger partial charge in [-0.3, -0.25) is 0 Å². The van der Waals surface area contributed by atoms with Gasteiger partial charge in [0.1, 0.15) is 0 Å². The van der Waals surface area contributed by atoms with Crippen molar-refractivity contribution in [1.29, 1.82) is 0 Å². The van der Waals surface area contributed by atoms with Crippen LogP contribution in [0, 0.1) is 0 Å². The second-order valence-corrected chi connectivity index (χ2v) is 36.9. The number of aromatic nitrogens is 9. The minimum atomic E-state index is 0.591. The van der Waals surface area contributed by atoms with E-state index in [0.717, 1.165) is 189 Å². The number of fused-ring (bicyclic) bond motifs is 22. The van der Waals surface area contributed by atoms with Crippen LogP contribution in [0.25, 0.3) is 288 Å². The highest BCUT2D eigenvalue weighted by Crippen LogP contribution is 2.48. The van der Waals surface area contributed by atoms with Crippen LogP contribution in [-0.4, -0.2) is 44.0 Å². The fourth-order valence-electron chi connectivity index (χ4n) is 21.9. The average Bonchev–Trinajstić information content (AvgIpc) is 1.56. The molecule has 0 bridgehead atoms. The second-order valence-electron chi connectivity index (χ2n) is 36.9. The van der Waals surface area contributed by atoms with Crippen LogP contribution in [0.1, 0.15) is 0 Å². The van der Waals surface area contributed by atoms with Crippen LogP contribution in [-0.2, 0) is 0 Å². The van der Waals surface area contributed by atoms with Crippen LogP contribution in [0.5, 0.6) is 0 Å². The van der Waals surface area contributed by atoms with Crippen LogP contribution in [0.3, 0.4) is 0 Å². The van der Waals surface area contributed by atoms with Gasteiger partial charge in [0.15, 0.2) is 23.3 Å². The van der Waals surface area contributed by atoms with Crippen molar-refractivity contribution in [3.8, 4) is 158 Å². The van der Waals surface area contributed by atoms with Gasteiger partial charge >= 0.3 is 0 Å². The molecule has 9 nitrogen and oxygen atoms in total. The van der Waals surface area contributed by atoms with Gasteiger partial charge in [0, 0.05) is 88.2 Å². The smallest absolute Gasteiger partial charge is 0.164 e. The maximum absolute atomic E-state index is 5.85. The van der Waals surface area contributed by atoms with Gasteiger partial charge in [0.25, 0.3) is 0 Å². The van der Waals surface area contributed by atoms with Gasteiger partial charge in [0.2, 0.25) is 0 Å². The van der Waals surface area contributed by atoms with Crippen molar-refractivity contribution in [3.63, 3.8) is 0 Å². The summed E-state index contributed by atoms with van der Waals surface area (Å²) in [7, 11) is 0. The quantitative estimate of drug-likeness (QED) is 0.0943. The van der Waals surface area contributed by atoms with Gasteiger partial charge in [-0.15, -0.1) is 0 Å². The zero-order chi connectivity index (χ0) is 93.4. The average molecular weight is 1810 g/mol. The van der Waals surface area contributed by atoms with Crippen molar-refractivity contribution in [2.45, 2.75) is 0 Å². The lowest BCUT2D eigenvalue weighted by molar-refractivity contribution is 1.07. The third-order valence-electron chi connectivity index (χ3n) is 28.7. The monoisotopic (exact) mass is 1800 g/mol. The molecule has 0 saturated heterocycles. The van der Waals surface area contributed by atoms with Crippen molar-refractivity contribution in [1.82, 2.24) is 44.0 Å². The van der Waals surface area contributed by atoms with Crippen molar-refractivity contribution >= 4 is 130 Å². The van der Waals surface area contributed by atoms with Crippen molar-refractivity contribution in [3.05, 3.63) is 491 Å². The molecule has 0 fully saturated rings. The van der Waals surface area contributed by atoms with Gasteiger partial charge in [-0.2, -0.15) is 0 Å². The Kier molecular flexibility index (Phi) is 19.1. The molecule has 0 aliphatic heterocycles. The predicted molar refractivity (Wildman–Crippen MR) is 590 cm³/mol. The first-order valence-corrected chi connectivity index (χ1v) is 48.3. The highest BCUT2D eigenvalue weighted by molar-refractivity contribution is 6.29. The standard InChI is InChI=1S/C133H81N9/c1-4-26-89(27-5-1)131-138-132(140-133(139-131)92-68-58-86(59-69-92)95-70-73-110-106-40-12-10-36-102(106)104-38-14-16-42-108(104)116(110)78-95)91-66-56-85(57-67-91)83-52-62-88(63-53-83)127-129-125(115-46-20-23-49-123(115)142(129)101-34-8-3-9-35-101)113-75-72-97(80-121(113)135-127)94-29-25-31-99(77-94)120-81-119(98-30-24-28-93(76-98)96-71-74-111-107-41-13-11-37-103(107)105-39-15-17-43-109(105)117(111)79-96)136-130(137-120)90-64-54-84(55-65-90)82-50-60-87(61-51-82)126-128-124(112-44-18-21-47-118(112)134-126)114-45-19-22-48-122(114)141(128)100-32-6-2-7-33-100/h1-81H. The number of para-hydroxylation sites is 5. The molecule has 0 atom stereocenters. The topological polar surface area (TPSA) is 100 Å². The summed E-state index contributed by atoms with van der Waals surface area (Å²) in [4.78, 5) is 38.0. The molecule has 0 saturated carbocycles. The van der Waals surface area contributed by atoms with E-state index in [9.17, 15) is 0 Å². The van der Waals surface area contributed by atoms with E-state index in [2.05, 4.69) is 482 Å². The molecule has 0 radical (unpaired) electrons. The first kappa shape index (κ1) is 81.3. The Labute approximate surface area is 817 Å². The molecular formula is C133H81N9. The summed E-state index contributed by atoms with van der Waals surface area (Å²) >= 11 is 0. The molecule has 0 unspecified atom stereocenters. The number of nitrogens with zero attached hydrogens (tertiary/aromatic N) is 9. The molecule has 0 amide bonds. The van der Waals surface area contributed by atoms with E-state index in [1.165, 1.54) is 75.4 Å². The minimum absolute atomic E-state index is 0.591. The summed E-state index contributed by atoms with van der Waals surface area (Å²) in [5, 5.41) is 21.8. The maximum Gasteiger partial charge on any atom is 0.164 e. The van der Waals surface area contributed by atoms with E-state index in [4.69, 9.17) is 34.9 Å². The van der Waals surface area contributed by atoms with E-state index in [0.29, 0.717) is 23.3 Å². The highest BCUT2D eigenvalue weighted by Gasteiger charge is 2.27. The molecule has 22 aromatic carbocycles. The van der Waals surface area contributed by atoms with E-state index in [1.54, 1.807) is 0 Å². The van der Waals surface area contributed by atoms with Crippen LogP contribution < -0.4 is 0 Å². The molecule has 0 aliphatic carbocycles. The first-order valence-electron chi connectivity index (χ1n) is 48.3. The molecule has 0 spiro atoms. The molecule has 0 aliphatic rings. The third-order valence-corrected chi connectivity index (χ3v) is 28.7. The molecule has 9 heteroatoms. The summed E-state index contributed by atoms with van der Waals surface area (Å²) in [5.41, 5.74) is 30.1. The number of pyridine rings is 2. The Balaban J connectivity index is 0.523. The molecular weight excluding hydrogens is 1720 g/mol. The van der Waals surface area contributed by atoms with Crippen molar-refractivity contribution < 1.29 is 0 Å². The molecule has 658 valence electrons. The summed E-state index contributed by atoms with van der Waals surface area (Å²) in [6.07, 6.45) is 0. The largest absolute Gasteiger partial charge is 0.307 e. The number of benzene rings is 22. The zero-order valence-corrected chi connectivity index (χ0v) is 76.8. The predicted octanol–water partition coefficient (Wildman–Crippen LogP) is 34.5. The van der Waals surface area contributed by atoms with Gasteiger partial charge in [-0.1, -0.05) is 413 Å². The third kappa shape index (κ3) is 13.8. The molecule has 28 rings (SSSR count). The minimum Gasteiger partial charge on any atom is -0.307 e. The molecule has 6 aromatic heterocycles. The van der Waals surface area contributed by atoms with Crippen molar-refractivity contribution in [2.75, 3.05) is 0 Å². The Morgan fingerprint density at radius 1 is 0.134 bits per heavy atom. The Morgan fingerprint density at radius 3 is 0.796 bits per heavy atom. The number of hydrogen-bond donors (Lipinski definition) is 0. The summed E-state index contributed by atoms with van der Waals surface area (Å²) in [6.45, 7) is 0. The first-order chi connectivity index (χ1) is 70.4. The zero-order valence-electron chi connectivity index (χ0n) is 76.8. The van der Waals surface area contributed by atoms with E-state index < -0.39 is 0 Å². The Morgan fingerprint density at radius 2 is 0.387 bits per heavy atom. The maximum atomic E-state index is 5.85. The molecule has 0 N–H and O–H groups in total. The van der Waals surface area contributed by atoms with Crippen LogP contribution >= 0.6 is 0 Å². The van der Waals surface area contributed by atoms with Gasteiger partial charge in [0.05, 0.1) is 55.9 Å². The van der Waals surface area contributed by atoms with Crippen LogP contribution in [0.4, 0.5) is 0 Å². The summed E-state index contributed by atoms with van der Waals surface area (Å²) in [5.74, 6) is 2.41. The van der Waals surface area contributed by atoms with E-state index in [1.807, 2.05) is 18.2 Å². The van der Waals surface area contributed by atoms with E-state index in [-0.39, 0.29) is 0 Å². The summed E-state index contributed by atoms with van der Waals surface area (Å²) < 4.78 is 4.77. The Bertz CT molecular complexity index is 9930. The Hall–Kier alpha value is -19.1. The highest BCUT2D eigenvalue weighted by atomic mass is 15.0. The van der Waals surface area contributed by atoms with Gasteiger partial charge < -0.3 is 9.13 Å². The number of rotatable bonds is 15. The van der Waals surface area contributed by atoms with Crippen LogP contribution in [0.2, 0.25) is 0 Å². The van der Waals surface area contributed by atoms with Gasteiger partial charge in [-0.25, -0.2) is 34.9 Å². The fraction of sp³-hybridized carbons (Fsp3) is 0. The molecule has 28 aromatic rings. The lowest BCUT2D eigenvalue weighted by atomic mass is 9.91. The lowest BCUT2D eigenvalue weighted by Crippen LogP contribution is -2.00. The fourth-order valence-corrected chi connectivity index (χ4v) is 21.9. The second kappa shape index (κ2) is 33.4. The lowest BCUT2D eigenvalue weighted by Gasteiger charge is -2.14. The van der Waals surface area contributed by atoms with Crippen molar-refractivity contribution in [2.24, 2.45) is 0 Å². The van der Waals surface area contributed by atoms with E-state index >= 15 is 0 Å². The molecule has 6 heterocycles. The normalized spacial score (nSPS) is 11.8. The summed E-state index contributed by atoms with van der Waals surface area (Å²) in [6, 6.07) is 177.